The molecule has 0 atom stereocenters. The van der Waals surface area contributed by atoms with Crippen LogP contribution in [-0.2, 0) is 6.54 Å². The molecule has 1 N–H and O–H groups in total. The van der Waals surface area contributed by atoms with Gasteiger partial charge < -0.3 is 9.88 Å². The molecule has 0 aliphatic heterocycles. The van der Waals surface area contributed by atoms with Gasteiger partial charge in [0.1, 0.15) is 11.5 Å². The Balaban J connectivity index is 2.12. The van der Waals surface area contributed by atoms with E-state index in [0.29, 0.717) is 24.0 Å². The number of halogens is 1. The Kier molecular flexibility index (Phi) is 4.37. The molecule has 122 valence electrons. The smallest absolute Gasteiger partial charge is 0.272 e. The number of nitrogens with one attached hydrogen (secondary N) is 1. The zero-order valence-corrected chi connectivity index (χ0v) is 13.1. The monoisotopic (exact) mass is 325 g/mol. The zero-order chi connectivity index (χ0) is 17.1. The first kappa shape index (κ1) is 15.9. The molecule has 6 heteroatoms. The van der Waals surface area contributed by atoms with Crippen molar-refractivity contribution in [2.24, 2.45) is 0 Å². The predicted octanol–water partition coefficient (Wildman–Crippen LogP) is 3.20. The molecule has 0 saturated carbocycles. The summed E-state index contributed by atoms with van der Waals surface area (Å²) in [6.45, 7) is 2.28. The standard InChI is InChI=1S/C18H16FN3O2/c1-2-8-22-16(17(23)21-14-4-3-7-20-11-14)9-12-5-6-13(19)10-15(12)18(22)24/h3-7,9-11H,2,8H2,1H3,(H,21,23). The third-order valence-corrected chi connectivity index (χ3v) is 3.67. The minimum Gasteiger partial charge on any atom is -0.319 e. The lowest BCUT2D eigenvalue weighted by molar-refractivity contribution is 0.101. The van der Waals surface area contributed by atoms with E-state index in [4.69, 9.17) is 0 Å². The Hall–Kier alpha value is -3.02. The molecule has 2 aromatic heterocycles. The van der Waals surface area contributed by atoms with Crippen molar-refractivity contribution in [3.05, 3.63) is 70.7 Å². The number of carbonyl (C=O) groups is 1. The van der Waals surface area contributed by atoms with Crippen molar-refractivity contribution in [1.82, 2.24) is 9.55 Å². The van der Waals surface area contributed by atoms with E-state index < -0.39 is 11.7 Å². The minimum atomic E-state index is -0.477. The van der Waals surface area contributed by atoms with Gasteiger partial charge in [-0.25, -0.2) is 4.39 Å². The van der Waals surface area contributed by atoms with Gasteiger partial charge in [0.15, 0.2) is 0 Å². The number of pyridine rings is 2. The summed E-state index contributed by atoms with van der Waals surface area (Å²) >= 11 is 0. The average molecular weight is 325 g/mol. The molecule has 0 aliphatic carbocycles. The Morgan fingerprint density at radius 2 is 2.12 bits per heavy atom. The van der Waals surface area contributed by atoms with Gasteiger partial charge in [-0.05, 0) is 42.1 Å². The molecule has 0 radical (unpaired) electrons. The summed E-state index contributed by atoms with van der Waals surface area (Å²) in [4.78, 5) is 29.2. The average Bonchev–Trinajstić information content (AvgIpc) is 2.58. The highest BCUT2D eigenvalue weighted by atomic mass is 19.1. The van der Waals surface area contributed by atoms with Gasteiger partial charge in [-0.15, -0.1) is 0 Å². The Bertz CT molecular complexity index is 952. The number of hydrogen-bond donors (Lipinski definition) is 1. The van der Waals surface area contributed by atoms with Crippen LogP contribution in [0.3, 0.4) is 0 Å². The molecule has 2 heterocycles. The fourth-order valence-electron chi connectivity index (χ4n) is 2.59. The van der Waals surface area contributed by atoms with Gasteiger partial charge in [0, 0.05) is 12.7 Å². The number of nitrogens with zero attached hydrogens (tertiary/aromatic N) is 2. The van der Waals surface area contributed by atoms with Gasteiger partial charge in [-0.1, -0.05) is 13.0 Å². The summed E-state index contributed by atoms with van der Waals surface area (Å²) in [6.07, 6.45) is 3.80. The van der Waals surface area contributed by atoms with Gasteiger partial charge in [0.05, 0.1) is 17.3 Å². The van der Waals surface area contributed by atoms with Crippen LogP contribution in [0.1, 0.15) is 23.8 Å². The second-order valence-corrected chi connectivity index (χ2v) is 5.41. The molecular formula is C18H16FN3O2. The Labute approximate surface area is 137 Å². The first-order valence-electron chi connectivity index (χ1n) is 7.64. The maximum atomic E-state index is 13.4. The van der Waals surface area contributed by atoms with Crippen molar-refractivity contribution >= 4 is 22.4 Å². The molecule has 0 unspecified atom stereocenters. The van der Waals surface area contributed by atoms with E-state index in [1.807, 2.05) is 6.92 Å². The third kappa shape index (κ3) is 3.03. The summed E-state index contributed by atoms with van der Waals surface area (Å²) in [5, 5.41) is 3.52. The molecule has 0 spiro atoms. The molecular weight excluding hydrogens is 309 g/mol. The number of fused-ring (bicyclic) bond motifs is 1. The highest BCUT2D eigenvalue weighted by Gasteiger charge is 2.16. The molecule has 0 aliphatic rings. The summed E-state index contributed by atoms with van der Waals surface area (Å²) < 4.78 is 14.8. The number of benzene rings is 1. The van der Waals surface area contributed by atoms with E-state index in [1.165, 1.54) is 29.0 Å². The molecule has 5 nitrogen and oxygen atoms in total. The molecule has 0 bridgehead atoms. The number of carbonyl (C=O) groups excluding carboxylic acids is 1. The minimum absolute atomic E-state index is 0.241. The highest BCUT2D eigenvalue weighted by Crippen LogP contribution is 2.16. The maximum Gasteiger partial charge on any atom is 0.272 e. The normalized spacial score (nSPS) is 10.8. The van der Waals surface area contributed by atoms with Crippen LogP contribution in [0.4, 0.5) is 10.1 Å². The van der Waals surface area contributed by atoms with E-state index >= 15 is 0 Å². The number of amides is 1. The quantitative estimate of drug-likeness (QED) is 0.801. The second-order valence-electron chi connectivity index (χ2n) is 5.41. The van der Waals surface area contributed by atoms with Crippen molar-refractivity contribution in [3.63, 3.8) is 0 Å². The lowest BCUT2D eigenvalue weighted by Crippen LogP contribution is -2.28. The lowest BCUT2D eigenvalue weighted by atomic mass is 10.1. The van der Waals surface area contributed by atoms with Gasteiger partial charge in [0.2, 0.25) is 0 Å². The fourth-order valence-corrected chi connectivity index (χ4v) is 2.59. The predicted molar refractivity (Wildman–Crippen MR) is 90.6 cm³/mol. The van der Waals surface area contributed by atoms with Crippen LogP contribution in [0.15, 0.2) is 53.6 Å². The van der Waals surface area contributed by atoms with E-state index in [1.54, 1.807) is 24.4 Å². The molecule has 0 saturated heterocycles. The summed E-state index contributed by atoms with van der Waals surface area (Å²) in [5.74, 6) is -0.880. The van der Waals surface area contributed by atoms with Crippen LogP contribution in [-0.4, -0.2) is 15.5 Å². The first-order valence-corrected chi connectivity index (χ1v) is 7.64. The van der Waals surface area contributed by atoms with Crippen molar-refractivity contribution in [3.8, 4) is 0 Å². The lowest BCUT2D eigenvalue weighted by Gasteiger charge is -2.14. The second kappa shape index (κ2) is 6.62. The number of hydrogen-bond acceptors (Lipinski definition) is 3. The van der Waals surface area contributed by atoms with Crippen LogP contribution in [0.2, 0.25) is 0 Å². The molecule has 3 aromatic rings. The number of anilines is 1. The molecule has 1 amide bonds. The highest BCUT2D eigenvalue weighted by molar-refractivity contribution is 6.05. The van der Waals surface area contributed by atoms with Crippen molar-refractivity contribution in [2.45, 2.75) is 19.9 Å². The first-order chi connectivity index (χ1) is 11.6. The van der Waals surface area contributed by atoms with Gasteiger partial charge in [0.25, 0.3) is 11.5 Å². The van der Waals surface area contributed by atoms with Crippen molar-refractivity contribution in [1.29, 1.82) is 0 Å². The molecule has 1 aromatic carbocycles. The molecule has 24 heavy (non-hydrogen) atoms. The molecule has 0 fully saturated rings. The third-order valence-electron chi connectivity index (χ3n) is 3.67. The SMILES string of the molecule is CCCn1c(C(=O)Nc2cccnc2)cc2ccc(F)cc2c1=O. The van der Waals surface area contributed by atoms with Gasteiger partial charge >= 0.3 is 0 Å². The van der Waals surface area contributed by atoms with Crippen LogP contribution < -0.4 is 10.9 Å². The van der Waals surface area contributed by atoms with Crippen molar-refractivity contribution < 1.29 is 9.18 Å². The fraction of sp³-hybridized carbons (Fsp3) is 0.167. The largest absolute Gasteiger partial charge is 0.319 e. The maximum absolute atomic E-state index is 13.4. The molecule has 3 rings (SSSR count). The van der Waals surface area contributed by atoms with Crippen LogP contribution in [0, 0.1) is 5.82 Å². The van der Waals surface area contributed by atoms with Crippen LogP contribution >= 0.6 is 0 Å². The number of rotatable bonds is 4. The van der Waals surface area contributed by atoms with Gasteiger partial charge in [-0.3, -0.25) is 14.6 Å². The topological polar surface area (TPSA) is 64.0 Å². The van der Waals surface area contributed by atoms with Gasteiger partial charge in [-0.2, -0.15) is 0 Å². The van der Waals surface area contributed by atoms with E-state index in [-0.39, 0.29) is 16.6 Å². The van der Waals surface area contributed by atoms with E-state index in [2.05, 4.69) is 10.3 Å². The summed E-state index contributed by atoms with van der Waals surface area (Å²) in [7, 11) is 0. The van der Waals surface area contributed by atoms with E-state index in [0.717, 1.165) is 0 Å². The Morgan fingerprint density at radius 3 is 2.83 bits per heavy atom. The zero-order valence-electron chi connectivity index (χ0n) is 13.1. The number of aromatic nitrogens is 2. The van der Waals surface area contributed by atoms with Crippen molar-refractivity contribution in [2.75, 3.05) is 5.32 Å². The summed E-state index contributed by atoms with van der Waals surface area (Å²) in [5.41, 5.74) is 0.409. The van der Waals surface area contributed by atoms with Crippen LogP contribution in [0.25, 0.3) is 10.8 Å². The Morgan fingerprint density at radius 1 is 1.29 bits per heavy atom. The summed E-state index contributed by atoms with van der Waals surface area (Å²) in [6, 6.07) is 9.00. The van der Waals surface area contributed by atoms with Crippen LogP contribution in [0.5, 0.6) is 0 Å². The van der Waals surface area contributed by atoms with E-state index in [9.17, 15) is 14.0 Å².